The van der Waals surface area contributed by atoms with Gasteiger partial charge in [0, 0.05) is 12.0 Å². The molecule has 0 saturated heterocycles. The molecule has 146 valence electrons. The van der Waals surface area contributed by atoms with Crippen molar-refractivity contribution in [2.45, 2.75) is 30.2 Å². The maximum Gasteiger partial charge on any atom is 0.179 e. The summed E-state index contributed by atoms with van der Waals surface area (Å²) in [4.78, 5) is 0.384. The van der Waals surface area contributed by atoms with Crippen molar-refractivity contribution in [1.29, 1.82) is 0 Å². The molecule has 1 atom stereocenters. The number of sulfone groups is 1. The summed E-state index contributed by atoms with van der Waals surface area (Å²) in [6.45, 7) is 2.68. The van der Waals surface area contributed by atoms with Gasteiger partial charge in [-0.3, -0.25) is 0 Å². The molecule has 0 bridgehead atoms. The van der Waals surface area contributed by atoms with Crippen molar-refractivity contribution in [3.63, 3.8) is 0 Å². The van der Waals surface area contributed by atoms with E-state index in [9.17, 15) is 8.42 Å². The van der Waals surface area contributed by atoms with Gasteiger partial charge in [0.05, 0.1) is 10.6 Å². The summed E-state index contributed by atoms with van der Waals surface area (Å²) in [7, 11) is -3.28. The SMILES string of the molecule is C[C@H](CS(=O)(=O)c1ccccc1)NCCC(c1ccccc1)c1ccccc1. The smallest absolute Gasteiger partial charge is 0.179 e. The van der Waals surface area contributed by atoms with E-state index in [0.717, 1.165) is 13.0 Å². The lowest BCUT2D eigenvalue weighted by atomic mass is 9.88. The first-order valence-electron chi connectivity index (χ1n) is 9.67. The number of hydrogen-bond donors (Lipinski definition) is 1. The Labute approximate surface area is 168 Å². The lowest BCUT2D eigenvalue weighted by Crippen LogP contribution is -2.34. The zero-order chi connectivity index (χ0) is 19.8. The van der Waals surface area contributed by atoms with Crippen LogP contribution >= 0.6 is 0 Å². The van der Waals surface area contributed by atoms with Crippen LogP contribution in [-0.4, -0.2) is 26.8 Å². The van der Waals surface area contributed by atoms with Crippen molar-refractivity contribution < 1.29 is 8.42 Å². The highest BCUT2D eigenvalue weighted by Crippen LogP contribution is 2.27. The Morgan fingerprint density at radius 1 is 0.750 bits per heavy atom. The summed E-state index contributed by atoms with van der Waals surface area (Å²) < 4.78 is 25.1. The van der Waals surface area contributed by atoms with Crippen LogP contribution < -0.4 is 5.32 Å². The minimum absolute atomic E-state index is 0.0956. The van der Waals surface area contributed by atoms with Crippen LogP contribution in [0.1, 0.15) is 30.4 Å². The molecule has 0 radical (unpaired) electrons. The van der Waals surface area contributed by atoms with E-state index in [1.54, 1.807) is 24.3 Å². The molecule has 3 rings (SSSR count). The van der Waals surface area contributed by atoms with Crippen molar-refractivity contribution in [3.05, 3.63) is 102 Å². The molecule has 3 nitrogen and oxygen atoms in total. The molecule has 3 aromatic rings. The monoisotopic (exact) mass is 393 g/mol. The van der Waals surface area contributed by atoms with Crippen molar-refractivity contribution in [3.8, 4) is 0 Å². The van der Waals surface area contributed by atoms with Gasteiger partial charge in [-0.2, -0.15) is 0 Å². The molecule has 4 heteroatoms. The molecule has 0 aliphatic carbocycles. The van der Waals surface area contributed by atoms with Gasteiger partial charge in [0.25, 0.3) is 0 Å². The molecule has 0 spiro atoms. The molecule has 0 unspecified atom stereocenters. The molecule has 0 aromatic heterocycles. The zero-order valence-electron chi connectivity index (χ0n) is 16.2. The highest BCUT2D eigenvalue weighted by atomic mass is 32.2. The Bertz CT molecular complexity index is 902. The van der Waals surface area contributed by atoms with Crippen LogP contribution in [0.5, 0.6) is 0 Å². The first-order valence-corrected chi connectivity index (χ1v) is 11.3. The van der Waals surface area contributed by atoms with Gasteiger partial charge in [-0.05, 0) is 43.1 Å². The fourth-order valence-electron chi connectivity index (χ4n) is 3.48. The number of benzene rings is 3. The Morgan fingerprint density at radius 2 is 1.21 bits per heavy atom. The normalized spacial score (nSPS) is 12.8. The van der Waals surface area contributed by atoms with Crippen molar-refractivity contribution in [2.75, 3.05) is 12.3 Å². The first kappa shape index (κ1) is 20.3. The van der Waals surface area contributed by atoms with Gasteiger partial charge < -0.3 is 5.32 Å². The Morgan fingerprint density at radius 3 is 1.71 bits per heavy atom. The van der Waals surface area contributed by atoms with Crippen LogP contribution in [0.25, 0.3) is 0 Å². The molecule has 0 aliphatic heterocycles. The third-order valence-corrected chi connectivity index (χ3v) is 6.83. The Balaban J connectivity index is 1.61. The summed E-state index contributed by atoms with van der Waals surface area (Å²) in [6.07, 6.45) is 0.906. The minimum atomic E-state index is -3.28. The second-order valence-electron chi connectivity index (χ2n) is 7.11. The van der Waals surface area contributed by atoms with Crippen LogP contribution in [0.4, 0.5) is 0 Å². The quantitative estimate of drug-likeness (QED) is 0.575. The fourth-order valence-corrected chi connectivity index (χ4v) is 5.02. The summed E-state index contributed by atoms with van der Waals surface area (Å²) in [6, 6.07) is 29.5. The van der Waals surface area contributed by atoms with Crippen LogP contribution in [0.3, 0.4) is 0 Å². The average Bonchev–Trinajstić information content (AvgIpc) is 2.73. The highest BCUT2D eigenvalue weighted by molar-refractivity contribution is 7.91. The van der Waals surface area contributed by atoms with Gasteiger partial charge in [-0.25, -0.2) is 8.42 Å². The molecule has 0 saturated carbocycles. The summed E-state index contributed by atoms with van der Waals surface area (Å²) in [5, 5.41) is 3.40. The van der Waals surface area contributed by atoms with Crippen LogP contribution in [0, 0.1) is 0 Å². The molecule has 3 aromatic carbocycles. The van der Waals surface area contributed by atoms with Gasteiger partial charge in [0.15, 0.2) is 9.84 Å². The molecular formula is C24H27NO2S. The molecule has 0 heterocycles. The standard InChI is InChI=1S/C24H27NO2S/c1-20(19-28(26,27)23-15-9-4-10-16-23)25-18-17-24(21-11-5-2-6-12-21)22-13-7-3-8-14-22/h2-16,20,24-25H,17-19H2,1H3/t20-/m1/s1. The molecular weight excluding hydrogens is 366 g/mol. The lowest BCUT2D eigenvalue weighted by Gasteiger charge is -2.20. The first-order chi connectivity index (χ1) is 13.6. The van der Waals surface area contributed by atoms with Crippen molar-refractivity contribution in [2.24, 2.45) is 0 Å². The number of rotatable bonds is 9. The largest absolute Gasteiger partial charge is 0.313 e. The van der Waals surface area contributed by atoms with Crippen LogP contribution in [-0.2, 0) is 9.84 Å². The van der Waals surface area contributed by atoms with E-state index in [-0.39, 0.29) is 17.7 Å². The predicted molar refractivity (Wildman–Crippen MR) is 115 cm³/mol. The Kier molecular flexibility index (Phi) is 7.01. The third kappa shape index (κ3) is 5.54. The predicted octanol–water partition coefficient (Wildman–Crippen LogP) is 4.66. The summed E-state index contributed by atoms with van der Waals surface area (Å²) in [5.74, 6) is 0.381. The van der Waals surface area contributed by atoms with E-state index in [0.29, 0.717) is 4.90 Å². The Hall–Kier alpha value is -2.43. The number of hydrogen-bond acceptors (Lipinski definition) is 3. The van der Waals surface area contributed by atoms with E-state index in [4.69, 9.17) is 0 Å². The lowest BCUT2D eigenvalue weighted by molar-refractivity contribution is 0.536. The summed E-state index contributed by atoms with van der Waals surface area (Å²) in [5.41, 5.74) is 2.56. The van der Waals surface area contributed by atoms with Crippen LogP contribution in [0.15, 0.2) is 95.9 Å². The van der Waals surface area contributed by atoms with Crippen molar-refractivity contribution >= 4 is 9.84 Å². The van der Waals surface area contributed by atoms with Gasteiger partial charge in [0.1, 0.15) is 0 Å². The minimum Gasteiger partial charge on any atom is -0.313 e. The highest BCUT2D eigenvalue weighted by Gasteiger charge is 2.19. The number of nitrogens with one attached hydrogen (secondary N) is 1. The van der Waals surface area contributed by atoms with E-state index in [1.165, 1.54) is 11.1 Å². The maximum atomic E-state index is 12.5. The van der Waals surface area contributed by atoms with Gasteiger partial charge in [-0.15, -0.1) is 0 Å². The molecule has 0 amide bonds. The molecule has 0 fully saturated rings. The third-order valence-electron chi connectivity index (χ3n) is 4.90. The second-order valence-corrected chi connectivity index (χ2v) is 9.15. The molecule has 1 N–H and O–H groups in total. The van der Waals surface area contributed by atoms with Gasteiger partial charge >= 0.3 is 0 Å². The van der Waals surface area contributed by atoms with Crippen LogP contribution in [0.2, 0.25) is 0 Å². The topological polar surface area (TPSA) is 46.2 Å². The van der Waals surface area contributed by atoms with E-state index >= 15 is 0 Å². The fraction of sp³-hybridized carbons (Fsp3) is 0.250. The van der Waals surface area contributed by atoms with Crippen molar-refractivity contribution in [1.82, 2.24) is 5.32 Å². The molecule has 0 aliphatic rings. The van der Waals surface area contributed by atoms with E-state index in [1.807, 2.05) is 25.1 Å². The van der Waals surface area contributed by atoms with E-state index in [2.05, 4.69) is 53.8 Å². The second kappa shape index (κ2) is 9.67. The van der Waals surface area contributed by atoms with E-state index < -0.39 is 9.84 Å². The van der Waals surface area contributed by atoms with Gasteiger partial charge in [0.2, 0.25) is 0 Å². The van der Waals surface area contributed by atoms with Gasteiger partial charge in [-0.1, -0.05) is 78.9 Å². The average molecular weight is 394 g/mol. The molecule has 28 heavy (non-hydrogen) atoms. The zero-order valence-corrected chi connectivity index (χ0v) is 17.0. The maximum absolute atomic E-state index is 12.5. The summed E-state index contributed by atoms with van der Waals surface area (Å²) >= 11 is 0.